The summed E-state index contributed by atoms with van der Waals surface area (Å²) in [5.41, 5.74) is 0.787. The summed E-state index contributed by atoms with van der Waals surface area (Å²) in [4.78, 5) is 0. The molecule has 3 rings (SSSR count). The largest absolute Gasteiger partial charge is 0.313 e. The Balaban J connectivity index is 1.50. The zero-order chi connectivity index (χ0) is 8.73. The van der Waals surface area contributed by atoms with Crippen LogP contribution in [0.4, 0.5) is 0 Å². The summed E-state index contributed by atoms with van der Waals surface area (Å²) in [6, 6.07) is 0.899. The molecule has 1 nitrogen and oxygen atoms in total. The summed E-state index contributed by atoms with van der Waals surface area (Å²) in [7, 11) is 0. The van der Waals surface area contributed by atoms with E-state index in [9.17, 15) is 0 Å². The minimum Gasteiger partial charge on any atom is -0.313 e. The van der Waals surface area contributed by atoms with Gasteiger partial charge in [-0.1, -0.05) is 12.8 Å². The highest BCUT2D eigenvalue weighted by atomic mass is 14.9. The van der Waals surface area contributed by atoms with E-state index in [1.165, 1.54) is 57.9 Å². The van der Waals surface area contributed by atoms with Gasteiger partial charge < -0.3 is 5.32 Å². The molecule has 0 heterocycles. The smallest absolute Gasteiger partial charge is 0.00673 e. The first-order valence-corrected chi connectivity index (χ1v) is 6.12. The standard InChI is InChI=1S/C12H21N/c1-3-11(4-1)13-9-12(7-2-8-12)10-5-6-10/h10-11,13H,1-9H2. The van der Waals surface area contributed by atoms with Gasteiger partial charge in [-0.3, -0.25) is 0 Å². The molecule has 0 bridgehead atoms. The highest BCUT2D eigenvalue weighted by Crippen LogP contribution is 2.56. The minimum atomic E-state index is 0.787. The lowest BCUT2D eigenvalue weighted by Gasteiger charge is -2.44. The molecule has 0 saturated heterocycles. The average Bonchev–Trinajstić information content (AvgIpc) is 2.73. The lowest BCUT2D eigenvalue weighted by atomic mass is 9.65. The van der Waals surface area contributed by atoms with Crippen LogP contribution in [0, 0.1) is 11.3 Å². The molecule has 0 atom stereocenters. The van der Waals surface area contributed by atoms with Crippen LogP contribution in [0.5, 0.6) is 0 Å². The second-order valence-electron chi connectivity index (χ2n) is 5.50. The number of hydrogen-bond acceptors (Lipinski definition) is 1. The van der Waals surface area contributed by atoms with Gasteiger partial charge in [-0.05, 0) is 49.9 Å². The first kappa shape index (κ1) is 8.28. The Morgan fingerprint density at radius 1 is 1.00 bits per heavy atom. The van der Waals surface area contributed by atoms with E-state index in [4.69, 9.17) is 0 Å². The monoisotopic (exact) mass is 179 g/mol. The summed E-state index contributed by atoms with van der Waals surface area (Å²) < 4.78 is 0. The molecule has 0 unspecified atom stereocenters. The fourth-order valence-electron chi connectivity index (χ4n) is 3.02. The first-order valence-electron chi connectivity index (χ1n) is 6.12. The van der Waals surface area contributed by atoms with Crippen molar-refractivity contribution < 1.29 is 0 Å². The Morgan fingerprint density at radius 3 is 2.15 bits per heavy atom. The van der Waals surface area contributed by atoms with E-state index in [1.807, 2.05) is 0 Å². The predicted octanol–water partition coefficient (Wildman–Crippen LogP) is 2.71. The quantitative estimate of drug-likeness (QED) is 0.699. The molecule has 13 heavy (non-hydrogen) atoms. The van der Waals surface area contributed by atoms with Crippen LogP contribution in [-0.2, 0) is 0 Å². The van der Waals surface area contributed by atoms with E-state index < -0.39 is 0 Å². The van der Waals surface area contributed by atoms with E-state index in [-0.39, 0.29) is 0 Å². The van der Waals surface area contributed by atoms with Crippen LogP contribution < -0.4 is 5.32 Å². The Kier molecular flexibility index (Phi) is 1.90. The fourth-order valence-corrected chi connectivity index (χ4v) is 3.02. The Hall–Kier alpha value is -0.0400. The number of nitrogens with one attached hydrogen (secondary N) is 1. The van der Waals surface area contributed by atoms with Gasteiger partial charge in [0.25, 0.3) is 0 Å². The molecule has 3 aliphatic rings. The molecular formula is C12H21N. The van der Waals surface area contributed by atoms with E-state index in [2.05, 4.69) is 5.32 Å². The van der Waals surface area contributed by atoms with Crippen molar-refractivity contribution in [3.8, 4) is 0 Å². The number of rotatable bonds is 4. The van der Waals surface area contributed by atoms with Crippen LogP contribution >= 0.6 is 0 Å². The summed E-state index contributed by atoms with van der Waals surface area (Å²) in [5, 5.41) is 3.78. The van der Waals surface area contributed by atoms with E-state index in [1.54, 1.807) is 0 Å². The van der Waals surface area contributed by atoms with Gasteiger partial charge in [-0.25, -0.2) is 0 Å². The van der Waals surface area contributed by atoms with Crippen LogP contribution in [0.2, 0.25) is 0 Å². The first-order chi connectivity index (χ1) is 6.39. The van der Waals surface area contributed by atoms with Crippen LogP contribution in [0.1, 0.15) is 51.4 Å². The van der Waals surface area contributed by atoms with Crippen LogP contribution in [0.25, 0.3) is 0 Å². The van der Waals surface area contributed by atoms with Gasteiger partial charge in [0.05, 0.1) is 0 Å². The van der Waals surface area contributed by atoms with Crippen molar-refractivity contribution in [1.82, 2.24) is 5.32 Å². The molecule has 0 spiro atoms. The molecule has 0 aromatic heterocycles. The molecule has 1 heteroatoms. The molecule has 3 aliphatic carbocycles. The molecule has 0 aromatic rings. The van der Waals surface area contributed by atoms with Gasteiger partial charge in [0, 0.05) is 12.6 Å². The highest BCUT2D eigenvalue weighted by molar-refractivity contribution is 5.01. The molecule has 1 N–H and O–H groups in total. The molecule has 3 fully saturated rings. The topological polar surface area (TPSA) is 12.0 Å². The molecule has 74 valence electrons. The molecule has 0 aliphatic heterocycles. The van der Waals surface area contributed by atoms with Gasteiger partial charge in [0.15, 0.2) is 0 Å². The maximum Gasteiger partial charge on any atom is 0.00673 e. The zero-order valence-electron chi connectivity index (χ0n) is 8.52. The van der Waals surface area contributed by atoms with Crippen molar-refractivity contribution in [2.45, 2.75) is 57.4 Å². The van der Waals surface area contributed by atoms with Crippen LogP contribution in [-0.4, -0.2) is 12.6 Å². The van der Waals surface area contributed by atoms with Gasteiger partial charge in [0.1, 0.15) is 0 Å². The number of hydrogen-bond donors (Lipinski definition) is 1. The van der Waals surface area contributed by atoms with Gasteiger partial charge in [0.2, 0.25) is 0 Å². The van der Waals surface area contributed by atoms with Crippen LogP contribution in [0.15, 0.2) is 0 Å². The van der Waals surface area contributed by atoms with Crippen molar-refractivity contribution >= 4 is 0 Å². The van der Waals surface area contributed by atoms with E-state index in [0.717, 1.165) is 17.4 Å². The van der Waals surface area contributed by atoms with E-state index in [0.29, 0.717) is 0 Å². The second-order valence-corrected chi connectivity index (χ2v) is 5.50. The normalized spacial score (nSPS) is 32.3. The summed E-state index contributed by atoms with van der Waals surface area (Å²) in [6.07, 6.45) is 12.0. The molecule has 0 amide bonds. The summed E-state index contributed by atoms with van der Waals surface area (Å²) >= 11 is 0. The van der Waals surface area contributed by atoms with Crippen molar-refractivity contribution in [3.63, 3.8) is 0 Å². The SMILES string of the molecule is C1CC(NCC2(C3CC3)CCC2)C1. The van der Waals surface area contributed by atoms with Crippen molar-refractivity contribution in [2.75, 3.05) is 6.54 Å². The van der Waals surface area contributed by atoms with Crippen molar-refractivity contribution in [3.05, 3.63) is 0 Å². The van der Waals surface area contributed by atoms with Gasteiger partial charge in [-0.15, -0.1) is 0 Å². The molecular weight excluding hydrogens is 158 g/mol. The maximum absolute atomic E-state index is 3.78. The third kappa shape index (κ3) is 1.41. The minimum absolute atomic E-state index is 0.787. The Bertz CT molecular complexity index is 187. The zero-order valence-corrected chi connectivity index (χ0v) is 8.52. The Morgan fingerprint density at radius 2 is 1.77 bits per heavy atom. The lowest BCUT2D eigenvalue weighted by molar-refractivity contribution is 0.0888. The summed E-state index contributed by atoms with van der Waals surface area (Å²) in [6.45, 7) is 1.35. The van der Waals surface area contributed by atoms with Crippen molar-refractivity contribution in [2.24, 2.45) is 11.3 Å². The predicted molar refractivity (Wildman–Crippen MR) is 54.6 cm³/mol. The van der Waals surface area contributed by atoms with Crippen LogP contribution in [0.3, 0.4) is 0 Å². The third-order valence-corrected chi connectivity index (χ3v) is 4.64. The fraction of sp³-hybridized carbons (Fsp3) is 1.00. The lowest BCUT2D eigenvalue weighted by Crippen LogP contribution is -2.47. The average molecular weight is 179 g/mol. The maximum atomic E-state index is 3.78. The second kappa shape index (κ2) is 2.98. The van der Waals surface area contributed by atoms with Crippen molar-refractivity contribution in [1.29, 1.82) is 0 Å². The van der Waals surface area contributed by atoms with Gasteiger partial charge >= 0.3 is 0 Å². The highest BCUT2D eigenvalue weighted by Gasteiger charge is 2.48. The third-order valence-electron chi connectivity index (χ3n) is 4.64. The van der Waals surface area contributed by atoms with Gasteiger partial charge in [-0.2, -0.15) is 0 Å². The molecule has 0 aromatic carbocycles. The van der Waals surface area contributed by atoms with E-state index >= 15 is 0 Å². The molecule has 3 saturated carbocycles. The Labute approximate surface area is 81.3 Å². The summed E-state index contributed by atoms with van der Waals surface area (Å²) in [5.74, 6) is 1.12. The molecule has 0 radical (unpaired) electrons.